The summed E-state index contributed by atoms with van der Waals surface area (Å²) in [5.41, 5.74) is 0.512. The SMILES string of the molecule is CCCCCN(CCCCC)C(=O)c1cc(/C=C2\SC(=S)N(CC(=O)O)C2=O)ccc1OCc1ccc(C(F)(F)F)cc1. The van der Waals surface area contributed by atoms with Gasteiger partial charge < -0.3 is 14.7 Å². The highest BCUT2D eigenvalue weighted by Crippen LogP contribution is 2.34. The van der Waals surface area contributed by atoms with Crippen LogP contribution in [0.15, 0.2) is 47.4 Å². The lowest BCUT2D eigenvalue weighted by Crippen LogP contribution is -2.33. The molecule has 1 fully saturated rings. The zero-order chi connectivity index (χ0) is 31.6. The quantitative estimate of drug-likeness (QED) is 0.124. The summed E-state index contributed by atoms with van der Waals surface area (Å²) in [5.74, 6) is -1.71. The molecule has 7 nitrogen and oxygen atoms in total. The zero-order valence-electron chi connectivity index (χ0n) is 24.1. The second kappa shape index (κ2) is 15.9. The van der Waals surface area contributed by atoms with Crippen molar-refractivity contribution >= 4 is 52.2 Å². The summed E-state index contributed by atoms with van der Waals surface area (Å²) in [6.45, 7) is 4.68. The fourth-order valence-electron chi connectivity index (χ4n) is 4.39. The van der Waals surface area contributed by atoms with Crippen molar-refractivity contribution in [1.82, 2.24) is 9.80 Å². The Hall–Kier alpha value is -3.38. The van der Waals surface area contributed by atoms with Crippen LogP contribution < -0.4 is 4.74 Å². The molecule has 0 saturated carbocycles. The maximum absolute atomic E-state index is 13.9. The van der Waals surface area contributed by atoms with E-state index < -0.39 is 30.2 Å². The van der Waals surface area contributed by atoms with Gasteiger partial charge in [-0.25, -0.2) is 0 Å². The van der Waals surface area contributed by atoms with Gasteiger partial charge in [0.25, 0.3) is 11.8 Å². The molecule has 3 rings (SSSR count). The van der Waals surface area contributed by atoms with Crippen molar-refractivity contribution in [2.45, 2.75) is 65.2 Å². The van der Waals surface area contributed by atoms with Gasteiger partial charge in [-0.1, -0.05) is 81.7 Å². The molecule has 43 heavy (non-hydrogen) atoms. The zero-order valence-corrected chi connectivity index (χ0v) is 25.7. The van der Waals surface area contributed by atoms with Gasteiger partial charge >= 0.3 is 12.1 Å². The molecule has 1 heterocycles. The lowest BCUT2D eigenvalue weighted by Gasteiger charge is -2.24. The van der Waals surface area contributed by atoms with Crippen molar-refractivity contribution in [2.24, 2.45) is 0 Å². The maximum atomic E-state index is 13.9. The van der Waals surface area contributed by atoms with Crippen LogP contribution in [0.1, 0.15) is 79.4 Å². The average molecular weight is 637 g/mol. The van der Waals surface area contributed by atoms with E-state index in [4.69, 9.17) is 22.1 Å². The molecule has 1 aliphatic heterocycles. The molecular formula is C31H35F3N2O5S2. The van der Waals surface area contributed by atoms with Crippen LogP contribution in [-0.4, -0.2) is 56.6 Å². The molecule has 0 unspecified atom stereocenters. The topological polar surface area (TPSA) is 87.2 Å². The van der Waals surface area contributed by atoms with Crippen molar-refractivity contribution in [2.75, 3.05) is 19.6 Å². The lowest BCUT2D eigenvalue weighted by molar-refractivity contribution is -0.140. The van der Waals surface area contributed by atoms with Crippen LogP contribution >= 0.6 is 24.0 Å². The summed E-state index contributed by atoms with van der Waals surface area (Å²) < 4.78 is 45.0. The van der Waals surface area contributed by atoms with Crippen LogP contribution in [0.4, 0.5) is 13.2 Å². The van der Waals surface area contributed by atoms with Gasteiger partial charge in [0.2, 0.25) is 0 Å². The number of benzene rings is 2. The number of alkyl halides is 3. The summed E-state index contributed by atoms with van der Waals surface area (Å²) in [7, 11) is 0. The first-order valence-corrected chi connectivity index (χ1v) is 15.4. The van der Waals surface area contributed by atoms with Crippen LogP contribution in [0.2, 0.25) is 0 Å². The monoisotopic (exact) mass is 636 g/mol. The van der Waals surface area contributed by atoms with Crippen LogP contribution in [0.5, 0.6) is 5.75 Å². The number of thioether (sulfide) groups is 1. The van der Waals surface area contributed by atoms with Crippen molar-refractivity contribution in [3.05, 3.63) is 69.6 Å². The molecule has 0 aliphatic carbocycles. The van der Waals surface area contributed by atoms with E-state index in [0.29, 0.717) is 24.2 Å². The normalized spacial score (nSPS) is 14.4. The largest absolute Gasteiger partial charge is 0.488 e. The maximum Gasteiger partial charge on any atom is 0.416 e. The molecule has 232 valence electrons. The number of unbranched alkanes of at least 4 members (excludes halogenated alkanes) is 4. The smallest absolute Gasteiger partial charge is 0.416 e. The number of carbonyl (C=O) groups excluding carboxylic acids is 2. The standard InChI is InChI=1S/C31H35F3N2O5S2/c1-3-5-7-15-35(16-8-6-4-2)28(39)24-17-22(18-26-29(40)36(19-27(37)38)30(42)43-26)11-14-25(24)41-20-21-9-12-23(13-10-21)31(32,33)34/h9-14,17-18H,3-8,15-16,19-20H2,1-2H3,(H,37,38)/b26-18-. The highest BCUT2D eigenvalue weighted by molar-refractivity contribution is 8.26. The molecule has 0 atom stereocenters. The second-order valence-corrected chi connectivity index (χ2v) is 11.8. The number of ether oxygens (including phenoxy) is 1. The average Bonchev–Trinajstić information content (AvgIpc) is 3.22. The van der Waals surface area contributed by atoms with Crippen LogP contribution in [0.3, 0.4) is 0 Å². The van der Waals surface area contributed by atoms with Gasteiger partial charge in [0, 0.05) is 13.1 Å². The highest BCUT2D eigenvalue weighted by Gasteiger charge is 2.33. The number of thiocarbonyl (C=S) groups is 1. The second-order valence-electron chi connectivity index (χ2n) is 10.1. The molecule has 1 aliphatic rings. The summed E-state index contributed by atoms with van der Waals surface area (Å²) in [6, 6.07) is 9.49. The molecular weight excluding hydrogens is 601 g/mol. The van der Waals surface area contributed by atoms with Crippen molar-refractivity contribution in [3.8, 4) is 5.75 Å². The molecule has 0 bridgehead atoms. The Morgan fingerprint density at radius 3 is 2.21 bits per heavy atom. The van der Waals surface area contributed by atoms with E-state index in [2.05, 4.69) is 13.8 Å². The van der Waals surface area contributed by atoms with E-state index in [9.17, 15) is 27.6 Å². The molecule has 2 amide bonds. The number of amides is 2. The van der Waals surface area contributed by atoms with E-state index in [-0.39, 0.29) is 33.1 Å². The van der Waals surface area contributed by atoms with Gasteiger partial charge in [-0.15, -0.1) is 0 Å². The predicted molar refractivity (Wildman–Crippen MR) is 165 cm³/mol. The Kier molecular flexibility index (Phi) is 12.6. The summed E-state index contributed by atoms with van der Waals surface area (Å²) in [6.07, 6.45) is 2.69. The van der Waals surface area contributed by atoms with Gasteiger partial charge in [0.15, 0.2) is 0 Å². The first-order chi connectivity index (χ1) is 20.4. The summed E-state index contributed by atoms with van der Waals surface area (Å²) >= 11 is 6.16. The number of carbonyl (C=O) groups is 3. The van der Waals surface area contributed by atoms with E-state index in [0.717, 1.165) is 67.3 Å². The predicted octanol–water partition coefficient (Wildman–Crippen LogP) is 7.39. The third kappa shape index (κ3) is 9.82. The number of carboxylic acids is 1. The van der Waals surface area contributed by atoms with Gasteiger partial charge in [0.1, 0.15) is 23.2 Å². The molecule has 0 aromatic heterocycles. The van der Waals surface area contributed by atoms with E-state index >= 15 is 0 Å². The first-order valence-electron chi connectivity index (χ1n) is 14.1. The van der Waals surface area contributed by atoms with Gasteiger partial charge in [-0.3, -0.25) is 19.3 Å². The molecule has 1 saturated heterocycles. The Balaban J connectivity index is 1.94. The minimum absolute atomic E-state index is 0.0583. The Labute approximate surface area is 259 Å². The Bertz CT molecular complexity index is 1340. The Morgan fingerprint density at radius 1 is 1.02 bits per heavy atom. The molecule has 2 aromatic carbocycles. The summed E-state index contributed by atoms with van der Waals surface area (Å²) in [5, 5.41) is 9.11. The van der Waals surface area contributed by atoms with Crippen molar-refractivity contribution in [3.63, 3.8) is 0 Å². The third-order valence-corrected chi connectivity index (χ3v) is 8.10. The van der Waals surface area contributed by atoms with Gasteiger partial charge in [-0.2, -0.15) is 13.2 Å². The highest BCUT2D eigenvalue weighted by atomic mass is 32.2. The number of halogens is 3. The Morgan fingerprint density at radius 2 is 1.65 bits per heavy atom. The lowest BCUT2D eigenvalue weighted by atomic mass is 10.1. The molecule has 1 N–H and O–H groups in total. The van der Waals surface area contributed by atoms with E-state index in [1.54, 1.807) is 29.2 Å². The van der Waals surface area contributed by atoms with Gasteiger partial charge in [-0.05, 0) is 54.3 Å². The number of hydrogen-bond acceptors (Lipinski definition) is 6. The number of carboxylic acid groups (broad SMARTS) is 1. The number of hydrogen-bond donors (Lipinski definition) is 1. The fourth-order valence-corrected chi connectivity index (χ4v) is 5.65. The van der Waals surface area contributed by atoms with E-state index in [1.807, 2.05) is 0 Å². The molecule has 12 heteroatoms. The fraction of sp³-hybridized carbons (Fsp3) is 0.419. The number of aliphatic carboxylic acids is 1. The van der Waals surface area contributed by atoms with Crippen molar-refractivity contribution in [1.29, 1.82) is 0 Å². The first kappa shape index (κ1) is 34.1. The third-order valence-electron chi connectivity index (χ3n) is 6.72. The van der Waals surface area contributed by atoms with Crippen LogP contribution in [-0.2, 0) is 22.4 Å². The number of nitrogens with zero attached hydrogens (tertiary/aromatic N) is 2. The number of rotatable bonds is 15. The van der Waals surface area contributed by atoms with E-state index in [1.165, 1.54) is 12.1 Å². The molecule has 2 aromatic rings. The van der Waals surface area contributed by atoms with Crippen LogP contribution in [0.25, 0.3) is 6.08 Å². The summed E-state index contributed by atoms with van der Waals surface area (Å²) in [4.78, 5) is 40.9. The minimum atomic E-state index is -4.45. The van der Waals surface area contributed by atoms with Crippen molar-refractivity contribution < 1.29 is 37.4 Å². The minimum Gasteiger partial charge on any atom is -0.488 e. The van der Waals surface area contributed by atoms with Gasteiger partial charge in [0.05, 0.1) is 16.0 Å². The molecule has 0 spiro atoms. The van der Waals surface area contributed by atoms with Crippen LogP contribution in [0, 0.1) is 0 Å². The molecule has 0 radical (unpaired) electrons.